The van der Waals surface area contributed by atoms with Crippen molar-refractivity contribution in [3.05, 3.63) is 53.2 Å². The number of carbonyl (C=O) groups is 1. The number of methoxy groups -OCH3 is 4. The van der Waals surface area contributed by atoms with E-state index in [1.807, 2.05) is 30.3 Å². The van der Waals surface area contributed by atoms with Crippen LogP contribution >= 0.6 is 0 Å². The molecule has 1 atom stereocenters. The molecule has 0 saturated heterocycles. The second kappa shape index (κ2) is 8.74. The zero-order chi connectivity index (χ0) is 23.8. The van der Waals surface area contributed by atoms with Crippen molar-refractivity contribution in [2.24, 2.45) is 0 Å². The van der Waals surface area contributed by atoms with Gasteiger partial charge >= 0.3 is 0 Å². The van der Waals surface area contributed by atoms with E-state index in [0.29, 0.717) is 46.8 Å². The van der Waals surface area contributed by atoms with Gasteiger partial charge in [-0.3, -0.25) is 4.79 Å². The van der Waals surface area contributed by atoms with Gasteiger partial charge in [-0.15, -0.1) is 5.10 Å². The first-order valence-corrected chi connectivity index (χ1v) is 11.0. The third kappa shape index (κ3) is 3.63. The highest BCUT2D eigenvalue weighted by Crippen LogP contribution is 2.44. The maximum Gasteiger partial charge on any atom is 0.226 e. The molecule has 1 aliphatic carbocycles. The molecule has 1 aliphatic heterocycles. The molecule has 176 valence electrons. The van der Waals surface area contributed by atoms with Crippen LogP contribution in [0.5, 0.6) is 23.0 Å². The Hall–Kier alpha value is -4.01. The Bertz CT molecular complexity index is 1270. The fourth-order valence-electron chi connectivity index (χ4n) is 4.55. The van der Waals surface area contributed by atoms with Gasteiger partial charge in [-0.2, -0.15) is 4.98 Å². The molecule has 1 N–H and O–H groups in total. The van der Waals surface area contributed by atoms with Crippen LogP contribution in [0.3, 0.4) is 0 Å². The second-order valence-corrected chi connectivity index (χ2v) is 8.11. The monoisotopic (exact) mass is 462 g/mol. The predicted molar refractivity (Wildman–Crippen MR) is 126 cm³/mol. The lowest BCUT2D eigenvalue weighted by atomic mass is 9.85. The van der Waals surface area contributed by atoms with Gasteiger partial charge < -0.3 is 24.3 Å². The molecule has 1 aromatic heterocycles. The molecule has 2 heterocycles. The minimum atomic E-state index is -0.478. The summed E-state index contributed by atoms with van der Waals surface area (Å²) >= 11 is 0. The van der Waals surface area contributed by atoms with Crippen LogP contribution < -0.4 is 24.3 Å². The largest absolute Gasteiger partial charge is 0.497 e. The molecule has 1 unspecified atom stereocenters. The molecule has 2 aromatic carbocycles. The Morgan fingerprint density at radius 3 is 2.32 bits per heavy atom. The minimum Gasteiger partial charge on any atom is -0.497 e. The van der Waals surface area contributed by atoms with Crippen LogP contribution in [-0.4, -0.2) is 49.0 Å². The maximum absolute atomic E-state index is 13.1. The van der Waals surface area contributed by atoms with Gasteiger partial charge in [0, 0.05) is 41.0 Å². The van der Waals surface area contributed by atoms with Crippen molar-refractivity contribution in [2.45, 2.75) is 25.3 Å². The average molecular weight is 463 g/mol. The number of ketones is 1. The van der Waals surface area contributed by atoms with Crippen LogP contribution in [0.2, 0.25) is 0 Å². The zero-order valence-electron chi connectivity index (χ0n) is 19.5. The number of hydrogen-bond acceptors (Lipinski definition) is 8. The van der Waals surface area contributed by atoms with Crippen LogP contribution in [0.4, 0.5) is 5.95 Å². The number of carbonyl (C=O) groups excluding carboxylic acids is 1. The number of hydrogen-bond donors (Lipinski definition) is 1. The lowest BCUT2D eigenvalue weighted by Crippen LogP contribution is -2.31. The highest BCUT2D eigenvalue weighted by molar-refractivity contribution is 5.99. The van der Waals surface area contributed by atoms with Gasteiger partial charge in [0.1, 0.15) is 29.0 Å². The fraction of sp³-hybridized carbons (Fsp3) is 0.320. The number of fused-ring (bicyclic) bond motifs is 1. The number of nitrogens with one attached hydrogen (secondary N) is 1. The predicted octanol–water partition coefficient (Wildman–Crippen LogP) is 4.00. The van der Waals surface area contributed by atoms with E-state index in [4.69, 9.17) is 29.0 Å². The number of allylic oxidation sites excluding steroid dienone is 2. The Balaban J connectivity index is 1.69. The zero-order valence-corrected chi connectivity index (χ0v) is 19.5. The molecule has 5 rings (SSSR count). The lowest BCUT2D eigenvalue weighted by molar-refractivity contribution is -0.116. The third-order valence-electron chi connectivity index (χ3n) is 6.21. The number of aromatic nitrogens is 3. The van der Waals surface area contributed by atoms with Gasteiger partial charge in [-0.05, 0) is 37.1 Å². The van der Waals surface area contributed by atoms with Crippen LogP contribution in [0.1, 0.15) is 30.9 Å². The number of ether oxygens (including phenoxy) is 4. The van der Waals surface area contributed by atoms with Crippen molar-refractivity contribution >= 4 is 11.7 Å². The van der Waals surface area contributed by atoms with Crippen molar-refractivity contribution in [1.82, 2.24) is 14.8 Å². The third-order valence-corrected chi connectivity index (χ3v) is 6.21. The van der Waals surface area contributed by atoms with Crippen molar-refractivity contribution < 1.29 is 23.7 Å². The summed E-state index contributed by atoms with van der Waals surface area (Å²) in [7, 11) is 6.41. The van der Waals surface area contributed by atoms with Gasteiger partial charge in [0.2, 0.25) is 5.95 Å². The lowest BCUT2D eigenvalue weighted by Gasteiger charge is -2.32. The molecule has 3 aromatic rings. The van der Waals surface area contributed by atoms with Crippen molar-refractivity contribution in [1.29, 1.82) is 0 Å². The van der Waals surface area contributed by atoms with Gasteiger partial charge in [-0.25, -0.2) is 4.68 Å². The topological polar surface area (TPSA) is 96.7 Å². The first-order valence-electron chi connectivity index (χ1n) is 11.0. The van der Waals surface area contributed by atoms with E-state index in [1.165, 1.54) is 0 Å². The summed E-state index contributed by atoms with van der Waals surface area (Å²) in [5, 5.41) is 8.19. The summed E-state index contributed by atoms with van der Waals surface area (Å²) in [6.07, 6.45) is 2.07. The Labute approximate surface area is 197 Å². The smallest absolute Gasteiger partial charge is 0.226 e. The summed E-state index contributed by atoms with van der Waals surface area (Å²) in [6.45, 7) is 0. The molecule has 9 heteroatoms. The number of nitrogens with zero attached hydrogens (tertiary/aromatic N) is 3. The SMILES string of the molecule is COc1cc(OC)cc(-c2nc3n(n2)C(c2ccc(OC)cc2OC)C2=C(CCCC2=O)N3)c1. The van der Waals surface area contributed by atoms with E-state index >= 15 is 0 Å². The van der Waals surface area contributed by atoms with Crippen molar-refractivity contribution in [2.75, 3.05) is 33.8 Å². The maximum atomic E-state index is 13.1. The molecule has 0 spiro atoms. The standard InChI is InChI=1S/C25H26N4O5/c1-31-15-8-9-18(21(13-15)34-4)23-22-19(6-5-7-20(22)30)26-25-27-24(28-29(23)25)14-10-16(32-2)12-17(11-14)33-3/h8-13,23H,5-7H2,1-4H3,(H,26,27,28). The number of benzene rings is 2. The van der Waals surface area contributed by atoms with Crippen LogP contribution in [0.25, 0.3) is 11.4 Å². The van der Waals surface area contributed by atoms with Gasteiger partial charge in [-0.1, -0.05) is 0 Å². The van der Waals surface area contributed by atoms with Gasteiger partial charge in [0.05, 0.1) is 28.4 Å². The summed E-state index contributed by atoms with van der Waals surface area (Å²) in [5.41, 5.74) is 3.13. The fourth-order valence-corrected chi connectivity index (χ4v) is 4.55. The summed E-state index contributed by atoms with van der Waals surface area (Å²) in [6, 6.07) is 10.6. The Morgan fingerprint density at radius 1 is 0.912 bits per heavy atom. The van der Waals surface area contributed by atoms with E-state index in [2.05, 4.69) is 5.32 Å². The van der Waals surface area contributed by atoms with E-state index in [-0.39, 0.29) is 5.78 Å². The van der Waals surface area contributed by atoms with Gasteiger partial charge in [0.15, 0.2) is 11.6 Å². The minimum absolute atomic E-state index is 0.0994. The first-order chi connectivity index (χ1) is 16.6. The first kappa shape index (κ1) is 21.8. The normalized spacial score (nSPS) is 16.9. The van der Waals surface area contributed by atoms with E-state index < -0.39 is 6.04 Å². The Morgan fingerprint density at radius 2 is 1.65 bits per heavy atom. The summed E-state index contributed by atoms with van der Waals surface area (Å²) in [4.78, 5) is 17.9. The second-order valence-electron chi connectivity index (χ2n) is 8.11. The summed E-state index contributed by atoms with van der Waals surface area (Å²) < 4.78 is 23.7. The van der Waals surface area contributed by atoms with Crippen LogP contribution in [0, 0.1) is 0 Å². The quantitative estimate of drug-likeness (QED) is 0.587. The Kier molecular flexibility index (Phi) is 5.61. The highest BCUT2D eigenvalue weighted by atomic mass is 16.5. The van der Waals surface area contributed by atoms with Crippen molar-refractivity contribution in [3.8, 4) is 34.4 Å². The van der Waals surface area contributed by atoms with E-state index in [1.54, 1.807) is 39.2 Å². The molecule has 0 fully saturated rings. The molecule has 34 heavy (non-hydrogen) atoms. The van der Waals surface area contributed by atoms with Crippen LogP contribution in [0.15, 0.2) is 47.7 Å². The summed E-state index contributed by atoms with van der Waals surface area (Å²) in [5.74, 6) is 3.70. The van der Waals surface area contributed by atoms with E-state index in [0.717, 1.165) is 29.7 Å². The van der Waals surface area contributed by atoms with E-state index in [9.17, 15) is 4.79 Å². The molecule has 2 aliphatic rings. The molecular formula is C25H26N4O5. The number of rotatable bonds is 6. The highest BCUT2D eigenvalue weighted by Gasteiger charge is 2.38. The van der Waals surface area contributed by atoms with Crippen molar-refractivity contribution in [3.63, 3.8) is 0 Å². The molecule has 0 saturated carbocycles. The molecule has 0 radical (unpaired) electrons. The number of Topliss-reactive ketones (excluding diaryl/α,β-unsaturated/α-hetero) is 1. The van der Waals surface area contributed by atoms with Crippen LogP contribution in [-0.2, 0) is 4.79 Å². The molecule has 9 nitrogen and oxygen atoms in total. The molecule has 0 amide bonds. The number of anilines is 1. The van der Waals surface area contributed by atoms with Gasteiger partial charge in [0.25, 0.3) is 0 Å². The molecular weight excluding hydrogens is 436 g/mol. The average Bonchev–Trinajstić information content (AvgIpc) is 3.30. The molecule has 0 bridgehead atoms.